The van der Waals surface area contributed by atoms with E-state index in [0.29, 0.717) is 11.3 Å². The van der Waals surface area contributed by atoms with Gasteiger partial charge in [0.2, 0.25) is 0 Å². The fourth-order valence-corrected chi connectivity index (χ4v) is 2.70. The van der Waals surface area contributed by atoms with Crippen LogP contribution < -0.4 is 11.1 Å². The number of hydrogen-bond acceptors (Lipinski definition) is 5. The van der Waals surface area contributed by atoms with Crippen LogP contribution in [0.1, 0.15) is 29.2 Å². The number of carbonyl (C=O) groups excluding carboxylic acids is 1. The zero-order chi connectivity index (χ0) is 15.6. The summed E-state index contributed by atoms with van der Waals surface area (Å²) >= 11 is 1.58. The molecule has 3 N–H and O–H groups in total. The third-order valence-corrected chi connectivity index (χ3v) is 4.22. The highest BCUT2D eigenvalue weighted by Gasteiger charge is 2.24. The van der Waals surface area contributed by atoms with Crippen LogP contribution in [0.25, 0.3) is 0 Å². The van der Waals surface area contributed by atoms with Gasteiger partial charge in [-0.1, -0.05) is 0 Å². The summed E-state index contributed by atoms with van der Waals surface area (Å²) in [6.07, 6.45) is 1.78. The highest BCUT2D eigenvalue weighted by Crippen LogP contribution is 2.30. The van der Waals surface area contributed by atoms with Gasteiger partial charge in [-0.3, -0.25) is 4.79 Å². The molecule has 2 rings (SSSR count). The number of nitrogens with one attached hydrogen (secondary N) is 1. The van der Waals surface area contributed by atoms with E-state index in [1.54, 1.807) is 54.7 Å². The van der Waals surface area contributed by atoms with E-state index in [4.69, 9.17) is 5.73 Å². The zero-order valence-electron chi connectivity index (χ0n) is 12.7. The minimum atomic E-state index is -0.359. The average molecular weight is 304 g/mol. The van der Waals surface area contributed by atoms with Crippen molar-refractivity contribution in [2.24, 2.45) is 0 Å². The normalized spacial score (nSPS) is 11.2. The van der Waals surface area contributed by atoms with Crippen molar-refractivity contribution in [3.8, 4) is 0 Å². The lowest BCUT2D eigenvalue weighted by molar-refractivity contribution is 0.0827. The predicted octanol–water partition coefficient (Wildman–Crippen LogP) is 2.77. The molecule has 1 heterocycles. The van der Waals surface area contributed by atoms with Gasteiger partial charge in [0, 0.05) is 31.2 Å². The van der Waals surface area contributed by atoms with Gasteiger partial charge in [0.1, 0.15) is 5.01 Å². The number of rotatable bonds is 4. The number of amides is 1. The van der Waals surface area contributed by atoms with Crippen LogP contribution in [0.5, 0.6) is 0 Å². The molecule has 112 valence electrons. The van der Waals surface area contributed by atoms with Gasteiger partial charge < -0.3 is 16.0 Å². The van der Waals surface area contributed by atoms with Crippen molar-refractivity contribution in [2.45, 2.75) is 19.4 Å². The Morgan fingerprint density at radius 2 is 2.10 bits per heavy atom. The van der Waals surface area contributed by atoms with E-state index in [-0.39, 0.29) is 11.4 Å². The highest BCUT2D eigenvalue weighted by atomic mass is 32.1. The van der Waals surface area contributed by atoms with E-state index in [2.05, 4.69) is 10.3 Å². The monoisotopic (exact) mass is 304 g/mol. The zero-order valence-corrected chi connectivity index (χ0v) is 13.5. The molecule has 0 fully saturated rings. The lowest BCUT2D eigenvalue weighted by atomic mass is 10.0. The number of benzene rings is 1. The molecule has 0 bridgehead atoms. The quantitative estimate of drug-likeness (QED) is 0.852. The van der Waals surface area contributed by atoms with E-state index in [9.17, 15) is 4.79 Å². The molecule has 1 aromatic heterocycles. The molecule has 0 saturated carbocycles. The largest absolute Gasteiger partial charge is 0.397 e. The number of nitrogens with two attached hydrogens (primary N) is 1. The molecule has 0 atom stereocenters. The van der Waals surface area contributed by atoms with Crippen LogP contribution in [-0.4, -0.2) is 29.9 Å². The average Bonchev–Trinajstić information content (AvgIpc) is 2.95. The Bertz CT molecular complexity index is 635. The molecule has 2 aromatic rings. The lowest BCUT2D eigenvalue weighted by Crippen LogP contribution is -2.28. The number of thiazole rings is 1. The van der Waals surface area contributed by atoms with Crippen LogP contribution in [0.4, 0.5) is 11.4 Å². The van der Waals surface area contributed by atoms with Crippen LogP contribution in [-0.2, 0) is 5.54 Å². The Kier molecular flexibility index (Phi) is 4.18. The summed E-state index contributed by atoms with van der Waals surface area (Å²) in [5, 5.41) is 6.28. The first kappa shape index (κ1) is 15.3. The summed E-state index contributed by atoms with van der Waals surface area (Å²) in [5.74, 6) is -0.0508. The molecule has 0 aliphatic carbocycles. The fraction of sp³-hybridized carbons (Fsp3) is 0.333. The Hall–Kier alpha value is -2.08. The number of carbonyl (C=O) groups is 1. The summed E-state index contributed by atoms with van der Waals surface area (Å²) in [4.78, 5) is 17.9. The Balaban J connectivity index is 2.32. The van der Waals surface area contributed by atoms with Gasteiger partial charge in [-0.2, -0.15) is 0 Å². The third-order valence-electron chi connectivity index (χ3n) is 3.12. The number of hydrogen-bond donors (Lipinski definition) is 2. The summed E-state index contributed by atoms with van der Waals surface area (Å²) in [7, 11) is 3.45. The first-order chi connectivity index (χ1) is 9.81. The van der Waals surface area contributed by atoms with Gasteiger partial charge >= 0.3 is 0 Å². The van der Waals surface area contributed by atoms with Crippen LogP contribution in [0, 0.1) is 0 Å². The first-order valence-corrected chi connectivity index (χ1v) is 7.48. The molecule has 0 aliphatic heterocycles. The minimum Gasteiger partial charge on any atom is -0.397 e. The standard InChI is InChI=1S/C15H20N4OS/c1-15(2,14-17-7-8-21-14)18-12-9-10(5-6-11(12)16)13(20)19(3)4/h5-9,18H,16H2,1-4H3. The maximum atomic E-state index is 12.0. The van der Waals surface area contributed by atoms with Gasteiger partial charge in [0.15, 0.2) is 0 Å². The molecule has 0 aliphatic rings. The van der Waals surface area contributed by atoms with Crippen LogP contribution in [0.3, 0.4) is 0 Å². The molecule has 0 saturated heterocycles. The second kappa shape index (κ2) is 5.73. The summed E-state index contributed by atoms with van der Waals surface area (Å²) in [5.41, 5.74) is 7.61. The fourth-order valence-electron chi connectivity index (χ4n) is 1.98. The van der Waals surface area contributed by atoms with Crippen molar-refractivity contribution in [1.82, 2.24) is 9.88 Å². The van der Waals surface area contributed by atoms with Crippen molar-refractivity contribution in [2.75, 3.05) is 25.1 Å². The van der Waals surface area contributed by atoms with Gasteiger partial charge in [-0.15, -0.1) is 11.3 Å². The first-order valence-electron chi connectivity index (χ1n) is 6.60. The van der Waals surface area contributed by atoms with Crippen molar-refractivity contribution in [1.29, 1.82) is 0 Å². The van der Waals surface area contributed by atoms with Crippen molar-refractivity contribution < 1.29 is 4.79 Å². The summed E-state index contributed by atoms with van der Waals surface area (Å²) < 4.78 is 0. The molecule has 1 amide bonds. The molecule has 0 unspecified atom stereocenters. The molecule has 0 spiro atoms. The predicted molar refractivity (Wildman–Crippen MR) is 87.6 cm³/mol. The molecule has 6 heteroatoms. The molecule has 5 nitrogen and oxygen atoms in total. The highest BCUT2D eigenvalue weighted by molar-refractivity contribution is 7.09. The van der Waals surface area contributed by atoms with E-state index in [0.717, 1.165) is 10.7 Å². The number of aromatic nitrogens is 1. The smallest absolute Gasteiger partial charge is 0.253 e. The number of anilines is 2. The van der Waals surface area contributed by atoms with Gasteiger partial charge in [-0.05, 0) is 32.0 Å². The number of nitrogen functional groups attached to an aromatic ring is 1. The van der Waals surface area contributed by atoms with E-state index >= 15 is 0 Å². The molecule has 1 aromatic carbocycles. The Morgan fingerprint density at radius 3 is 2.67 bits per heavy atom. The van der Waals surface area contributed by atoms with Gasteiger partial charge in [-0.25, -0.2) is 4.98 Å². The lowest BCUT2D eigenvalue weighted by Gasteiger charge is -2.26. The van der Waals surface area contributed by atoms with Crippen LogP contribution in [0.15, 0.2) is 29.8 Å². The van der Waals surface area contributed by atoms with Crippen molar-refractivity contribution in [3.63, 3.8) is 0 Å². The summed E-state index contributed by atoms with van der Waals surface area (Å²) in [6.45, 7) is 4.07. The minimum absolute atomic E-state index is 0.0508. The van der Waals surface area contributed by atoms with Gasteiger partial charge in [0.05, 0.1) is 16.9 Å². The van der Waals surface area contributed by atoms with E-state index < -0.39 is 0 Å². The second-order valence-electron chi connectivity index (χ2n) is 5.59. The molecule has 21 heavy (non-hydrogen) atoms. The van der Waals surface area contributed by atoms with Crippen molar-refractivity contribution >= 4 is 28.6 Å². The van der Waals surface area contributed by atoms with Crippen LogP contribution in [0.2, 0.25) is 0 Å². The maximum Gasteiger partial charge on any atom is 0.253 e. The van der Waals surface area contributed by atoms with Crippen LogP contribution >= 0.6 is 11.3 Å². The Morgan fingerprint density at radius 1 is 1.38 bits per heavy atom. The van der Waals surface area contributed by atoms with E-state index in [1.807, 2.05) is 19.2 Å². The maximum absolute atomic E-state index is 12.0. The SMILES string of the molecule is CN(C)C(=O)c1ccc(N)c(NC(C)(C)c2nccs2)c1. The third kappa shape index (κ3) is 3.33. The second-order valence-corrected chi connectivity index (χ2v) is 6.48. The van der Waals surface area contributed by atoms with E-state index in [1.165, 1.54) is 0 Å². The molecule has 0 radical (unpaired) electrons. The Labute approximate surface area is 128 Å². The summed E-state index contributed by atoms with van der Waals surface area (Å²) in [6, 6.07) is 5.27. The molecular weight excluding hydrogens is 284 g/mol. The van der Waals surface area contributed by atoms with Crippen molar-refractivity contribution in [3.05, 3.63) is 40.3 Å². The van der Waals surface area contributed by atoms with Gasteiger partial charge in [0.25, 0.3) is 5.91 Å². The topological polar surface area (TPSA) is 71.2 Å². The molecular formula is C15H20N4OS. The number of nitrogens with zero attached hydrogens (tertiary/aromatic N) is 2.